The van der Waals surface area contributed by atoms with E-state index in [1.165, 1.54) is 6.07 Å². The number of nitrogens with one attached hydrogen (secondary N) is 1. The van der Waals surface area contributed by atoms with Crippen molar-refractivity contribution in [1.29, 1.82) is 0 Å². The van der Waals surface area contributed by atoms with E-state index in [0.29, 0.717) is 5.02 Å². The lowest BCUT2D eigenvalue weighted by Crippen LogP contribution is -2.49. The number of imidazole rings is 1. The van der Waals surface area contributed by atoms with Crippen molar-refractivity contribution in [2.24, 2.45) is 0 Å². The third kappa shape index (κ3) is 4.50. The average molecular weight is 550 g/mol. The van der Waals surface area contributed by atoms with E-state index < -0.39 is 26.9 Å². The van der Waals surface area contributed by atoms with Gasteiger partial charge >= 0.3 is 5.97 Å². The summed E-state index contributed by atoms with van der Waals surface area (Å²) in [4.78, 5) is 17.4. The van der Waals surface area contributed by atoms with Crippen LogP contribution in [0.5, 0.6) is 0 Å². The SMILES string of the molecule is Cl.O=C(O)C1(NS(=O)(=O)c2ccc(-c3ccc(Cl)cc3)s2)CC1(Cn1ccnc1)c1ccccc1. The Morgan fingerprint density at radius 1 is 1.11 bits per heavy atom. The number of carboxylic acids is 1. The van der Waals surface area contributed by atoms with E-state index in [2.05, 4.69) is 9.71 Å². The summed E-state index contributed by atoms with van der Waals surface area (Å²) in [5, 5.41) is 10.9. The molecule has 2 aromatic heterocycles. The molecule has 11 heteroatoms. The van der Waals surface area contributed by atoms with Gasteiger partial charge in [0.15, 0.2) is 0 Å². The Kier molecular flexibility index (Phi) is 6.82. The Bertz CT molecular complexity index is 1440. The summed E-state index contributed by atoms with van der Waals surface area (Å²) < 4.78 is 31.2. The molecule has 0 aliphatic heterocycles. The first-order chi connectivity index (χ1) is 16.3. The number of nitrogens with zero attached hydrogens (tertiary/aromatic N) is 2. The van der Waals surface area contributed by atoms with E-state index in [4.69, 9.17) is 11.6 Å². The Balaban J connectivity index is 0.00000289. The van der Waals surface area contributed by atoms with Gasteiger partial charge in [-0.3, -0.25) is 4.79 Å². The summed E-state index contributed by atoms with van der Waals surface area (Å²) in [6.45, 7) is 0.270. The number of hydrogen-bond donors (Lipinski definition) is 2. The summed E-state index contributed by atoms with van der Waals surface area (Å²) in [7, 11) is -4.12. The van der Waals surface area contributed by atoms with Gasteiger partial charge in [0.1, 0.15) is 9.75 Å². The molecule has 2 atom stereocenters. The highest BCUT2D eigenvalue weighted by atomic mass is 35.5. The maximum Gasteiger partial charge on any atom is 0.325 e. The molecule has 5 rings (SSSR count). The molecule has 2 heterocycles. The zero-order valence-electron chi connectivity index (χ0n) is 18.2. The van der Waals surface area contributed by atoms with Gasteiger partial charge in [0.2, 0.25) is 0 Å². The lowest BCUT2D eigenvalue weighted by molar-refractivity contribution is -0.140. The second-order valence-electron chi connectivity index (χ2n) is 8.30. The van der Waals surface area contributed by atoms with E-state index in [1.54, 1.807) is 41.5 Å². The van der Waals surface area contributed by atoms with Crippen LogP contribution in [0.1, 0.15) is 12.0 Å². The van der Waals surface area contributed by atoms with Crippen LogP contribution in [0.25, 0.3) is 10.4 Å². The molecule has 1 aliphatic carbocycles. The molecule has 35 heavy (non-hydrogen) atoms. The topological polar surface area (TPSA) is 101 Å². The normalized spacial score (nSPS) is 21.3. The van der Waals surface area contributed by atoms with Crippen molar-refractivity contribution in [3.8, 4) is 10.4 Å². The van der Waals surface area contributed by atoms with Crippen molar-refractivity contribution in [2.75, 3.05) is 0 Å². The van der Waals surface area contributed by atoms with Gasteiger partial charge in [-0.2, -0.15) is 4.72 Å². The monoisotopic (exact) mass is 549 g/mol. The van der Waals surface area contributed by atoms with Crippen molar-refractivity contribution >= 4 is 51.3 Å². The lowest BCUT2D eigenvalue weighted by atomic mass is 9.90. The van der Waals surface area contributed by atoms with E-state index in [9.17, 15) is 18.3 Å². The van der Waals surface area contributed by atoms with Crippen LogP contribution in [0.15, 0.2) is 89.7 Å². The minimum absolute atomic E-state index is 0. The number of halogens is 2. The van der Waals surface area contributed by atoms with E-state index in [1.807, 2.05) is 42.5 Å². The number of carbonyl (C=O) groups is 1. The van der Waals surface area contributed by atoms with E-state index in [0.717, 1.165) is 27.3 Å². The Hall–Kier alpha value is -2.69. The molecule has 1 saturated carbocycles. The molecule has 0 bridgehead atoms. The molecule has 0 radical (unpaired) electrons. The second kappa shape index (κ2) is 9.40. The number of aromatic nitrogens is 2. The fourth-order valence-electron chi connectivity index (χ4n) is 4.46. The molecule has 2 N–H and O–H groups in total. The molecule has 2 unspecified atom stereocenters. The average Bonchev–Trinajstić information content (AvgIpc) is 3.21. The predicted molar refractivity (Wildman–Crippen MR) is 138 cm³/mol. The maximum absolute atomic E-state index is 13.4. The molecule has 1 fully saturated rings. The number of aliphatic carboxylic acids is 1. The van der Waals surface area contributed by atoms with Gasteiger partial charge in [0.05, 0.1) is 6.33 Å². The van der Waals surface area contributed by atoms with Crippen molar-refractivity contribution in [3.63, 3.8) is 0 Å². The van der Waals surface area contributed by atoms with Crippen molar-refractivity contribution in [3.05, 3.63) is 96.0 Å². The molecule has 7 nitrogen and oxygen atoms in total. The summed E-state index contributed by atoms with van der Waals surface area (Å²) in [5.41, 5.74) is -1.08. The van der Waals surface area contributed by atoms with Crippen molar-refractivity contribution in [1.82, 2.24) is 14.3 Å². The van der Waals surface area contributed by atoms with Gasteiger partial charge in [-0.15, -0.1) is 23.7 Å². The molecular formula is C24H21Cl2N3O4S2. The first-order valence-electron chi connectivity index (χ1n) is 10.4. The Morgan fingerprint density at radius 2 is 1.83 bits per heavy atom. The quantitative estimate of drug-likeness (QED) is 0.327. The van der Waals surface area contributed by atoms with Gasteiger partial charge in [-0.25, -0.2) is 13.4 Å². The fourth-order valence-corrected chi connectivity index (χ4v) is 7.32. The summed E-state index contributed by atoms with van der Waals surface area (Å²) in [6.07, 6.45) is 5.06. The maximum atomic E-state index is 13.4. The van der Waals surface area contributed by atoms with Crippen LogP contribution in [-0.2, 0) is 26.8 Å². The van der Waals surface area contributed by atoms with E-state index in [-0.39, 0.29) is 29.6 Å². The van der Waals surface area contributed by atoms with Gasteiger partial charge in [0, 0.05) is 34.3 Å². The minimum atomic E-state index is -4.12. The summed E-state index contributed by atoms with van der Waals surface area (Å²) in [5.74, 6) is -1.21. The number of rotatable bonds is 8. The molecule has 0 spiro atoms. The van der Waals surface area contributed by atoms with Crippen LogP contribution >= 0.6 is 35.3 Å². The van der Waals surface area contributed by atoms with Crippen LogP contribution in [-0.4, -0.2) is 34.6 Å². The highest BCUT2D eigenvalue weighted by Crippen LogP contribution is 2.59. The fraction of sp³-hybridized carbons (Fsp3) is 0.167. The molecule has 2 aromatic carbocycles. The molecule has 182 valence electrons. The van der Waals surface area contributed by atoms with Crippen LogP contribution in [0, 0.1) is 0 Å². The predicted octanol–water partition coefficient (Wildman–Crippen LogP) is 4.83. The van der Waals surface area contributed by atoms with Gasteiger partial charge in [-0.05, 0) is 41.8 Å². The number of hydrogen-bond acceptors (Lipinski definition) is 5. The van der Waals surface area contributed by atoms with Crippen LogP contribution in [0.3, 0.4) is 0 Å². The Labute approximate surface area is 217 Å². The standard InChI is InChI=1S/C24H20ClN3O4S2.ClH/c25-19-8-6-17(7-9-19)20-10-11-21(33-20)34(31,32)27-24(22(29)30)14-23(24,15-28-13-12-26-16-28)18-4-2-1-3-5-18;/h1-13,16,27H,14-15H2,(H,29,30);1H. The second-order valence-corrected chi connectivity index (χ2v) is 11.7. The van der Waals surface area contributed by atoms with Gasteiger partial charge in [0.25, 0.3) is 10.0 Å². The number of carboxylic acid groups (broad SMARTS) is 1. The largest absolute Gasteiger partial charge is 0.480 e. The first-order valence-corrected chi connectivity index (χ1v) is 13.1. The first kappa shape index (κ1) is 25.4. The summed E-state index contributed by atoms with van der Waals surface area (Å²) in [6, 6.07) is 19.4. The van der Waals surface area contributed by atoms with Crippen molar-refractivity contribution in [2.45, 2.75) is 28.1 Å². The van der Waals surface area contributed by atoms with Gasteiger partial charge in [-0.1, -0.05) is 54.1 Å². The molecular weight excluding hydrogens is 529 g/mol. The lowest BCUT2D eigenvalue weighted by Gasteiger charge is -2.24. The van der Waals surface area contributed by atoms with Crippen LogP contribution in [0.2, 0.25) is 5.02 Å². The number of thiophene rings is 1. The zero-order valence-corrected chi connectivity index (χ0v) is 21.4. The smallest absolute Gasteiger partial charge is 0.325 e. The molecule has 4 aromatic rings. The minimum Gasteiger partial charge on any atom is -0.480 e. The number of sulfonamides is 1. The van der Waals surface area contributed by atoms with Crippen molar-refractivity contribution < 1.29 is 18.3 Å². The molecule has 1 aliphatic rings. The van der Waals surface area contributed by atoms with E-state index >= 15 is 0 Å². The third-order valence-electron chi connectivity index (χ3n) is 6.25. The Morgan fingerprint density at radius 3 is 2.46 bits per heavy atom. The van der Waals surface area contributed by atoms with Gasteiger partial charge < -0.3 is 9.67 Å². The molecule has 0 amide bonds. The highest BCUT2D eigenvalue weighted by Gasteiger charge is 2.75. The summed E-state index contributed by atoms with van der Waals surface area (Å²) >= 11 is 7.03. The zero-order chi connectivity index (χ0) is 24.0. The molecule has 0 saturated heterocycles. The van der Waals surface area contributed by atoms with Crippen LogP contribution in [0.4, 0.5) is 0 Å². The third-order valence-corrected chi connectivity index (χ3v) is 9.62. The highest BCUT2D eigenvalue weighted by molar-refractivity contribution is 7.91. The van der Waals surface area contributed by atoms with Crippen LogP contribution < -0.4 is 4.72 Å². The number of benzene rings is 2.